The Labute approximate surface area is 209 Å². The van der Waals surface area contributed by atoms with E-state index in [0.717, 1.165) is 21.1 Å². The van der Waals surface area contributed by atoms with E-state index >= 15 is 0 Å². The van der Waals surface area contributed by atoms with Crippen LogP contribution in [0.1, 0.15) is 44.4 Å². The molecule has 35 heavy (non-hydrogen) atoms. The van der Waals surface area contributed by atoms with Crippen LogP contribution in [0.2, 0.25) is 0 Å². The van der Waals surface area contributed by atoms with Crippen molar-refractivity contribution in [2.45, 2.75) is 59.0 Å². The molecule has 2 aliphatic heterocycles. The van der Waals surface area contributed by atoms with Gasteiger partial charge in [0, 0.05) is 5.56 Å². The molecule has 0 radical (unpaired) electrons. The van der Waals surface area contributed by atoms with Crippen LogP contribution in [0.25, 0.3) is 0 Å². The molecule has 2 heterocycles. The summed E-state index contributed by atoms with van der Waals surface area (Å²) < 4.78 is 10.8. The summed E-state index contributed by atoms with van der Waals surface area (Å²) in [6.45, 7) is 8.86. The van der Waals surface area contributed by atoms with Gasteiger partial charge in [-0.3, -0.25) is 4.79 Å². The van der Waals surface area contributed by atoms with Crippen LogP contribution in [0.15, 0.2) is 48.5 Å². The van der Waals surface area contributed by atoms with E-state index in [1.54, 1.807) is 38.7 Å². The molecule has 2 aromatic rings. The molecule has 1 N–H and O–H groups in total. The predicted octanol–water partition coefficient (Wildman–Crippen LogP) is 4.19. The first-order chi connectivity index (χ1) is 16.6. The van der Waals surface area contributed by atoms with Crippen LogP contribution in [0, 0.1) is 6.92 Å². The summed E-state index contributed by atoms with van der Waals surface area (Å²) in [5.74, 6) is -0.468. The van der Waals surface area contributed by atoms with Gasteiger partial charge in [0.25, 0.3) is 5.91 Å². The van der Waals surface area contributed by atoms with Gasteiger partial charge in [-0.1, -0.05) is 42.0 Å². The minimum absolute atomic E-state index is 0.140. The number of fused-ring (bicyclic) bond motifs is 2. The van der Waals surface area contributed by atoms with Crippen LogP contribution < -0.4 is 10.2 Å². The molecule has 1 unspecified atom stereocenters. The molecular formula is C25H28N4O5S. The number of benzene rings is 2. The number of anilines is 1. The molecule has 2 aromatic carbocycles. The standard InChI is InChI=1S/C25H28N4O5S/c1-15(2)33-23(31)28-22(35)26-25(29(28)24(32)34-16(3)4)19-13-17(5)11-12-20(19)27(21(25)30)14-18-9-7-6-8-10-18/h6-13,15-16H,14H2,1-5H3,(H,26,35). The van der Waals surface area contributed by atoms with Crippen molar-refractivity contribution in [3.05, 3.63) is 65.2 Å². The van der Waals surface area contributed by atoms with Crippen LogP contribution in [0.4, 0.5) is 15.3 Å². The Bertz CT molecular complexity index is 1190. The van der Waals surface area contributed by atoms with Crippen molar-refractivity contribution in [3.63, 3.8) is 0 Å². The van der Waals surface area contributed by atoms with E-state index < -0.39 is 36.0 Å². The van der Waals surface area contributed by atoms with Crippen LogP contribution in [-0.2, 0) is 26.5 Å². The van der Waals surface area contributed by atoms with Gasteiger partial charge in [0.1, 0.15) is 0 Å². The summed E-state index contributed by atoms with van der Waals surface area (Å²) in [5.41, 5.74) is 1.04. The Hall–Kier alpha value is -3.66. The van der Waals surface area contributed by atoms with E-state index in [-0.39, 0.29) is 11.7 Å². The number of carbonyl (C=O) groups excluding carboxylic acids is 3. The molecule has 1 atom stereocenters. The lowest BCUT2D eigenvalue weighted by molar-refractivity contribution is -0.134. The van der Waals surface area contributed by atoms with E-state index in [4.69, 9.17) is 21.7 Å². The van der Waals surface area contributed by atoms with Gasteiger partial charge in [-0.05, 0) is 64.5 Å². The normalized spacial score (nSPS) is 19.0. The van der Waals surface area contributed by atoms with Crippen molar-refractivity contribution < 1.29 is 23.9 Å². The fraction of sp³-hybridized carbons (Fsp3) is 0.360. The highest BCUT2D eigenvalue weighted by Gasteiger charge is 2.65. The number of nitrogens with zero attached hydrogens (tertiary/aromatic N) is 3. The summed E-state index contributed by atoms with van der Waals surface area (Å²) in [7, 11) is 0. The first-order valence-electron chi connectivity index (χ1n) is 11.4. The Kier molecular flexibility index (Phi) is 6.42. The van der Waals surface area contributed by atoms with Gasteiger partial charge in [-0.25, -0.2) is 9.59 Å². The first kappa shape index (κ1) is 24.5. The third-order valence-corrected chi connectivity index (χ3v) is 5.86. The number of hydrogen-bond acceptors (Lipinski definition) is 6. The number of amides is 3. The average Bonchev–Trinajstić information content (AvgIpc) is 3.21. The maximum Gasteiger partial charge on any atom is 0.436 e. The van der Waals surface area contributed by atoms with Crippen LogP contribution in [0.5, 0.6) is 0 Å². The maximum absolute atomic E-state index is 14.2. The maximum atomic E-state index is 14.2. The molecule has 9 nitrogen and oxygen atoms in total. The van der Waals surface area contributed by atoms with E-state index in [1.165, 1.54) is 0 Å². The first-order valence-corrected chi connectivity index (χ1v) is 11.8. The van der Waals surface area contributed by atoms with Crippen molar-refractivity contribution in [2.75, 3.05) is 4.90 Å². The molecule has 184 valence electrons. The summed E-state index contributed by atoms with van der Waals surface area (Å²) in [6.07, 6.45) is -2.78. The number of hydrazine groups is 1. The SMILES string of the molecule is Cc1ccc2c(c1)C1(NC(=S)N(C(=O)OC(C)C)N1C(=O)OC(C)C)C(=O)N2Cc1ccccc1. The molecule has 4 rings (SSSR count). The van der Waals surface area contributed by atoms with E-state index in [9.17, 15) is 14.4 Å². The summed E-state index contributed by atoms with van der Waals surface area (Å²) in [6, 6.07) is 15.0. The van der Waals surface area contributed by atoms with Gasteiger partial charge in [0.2, 0.25) is 10.8 Å². The number of ether oxygens (including phenoxy) is 2. The van der Waals surface area contributed by atoms with E-state index in [0.29, 0.717) is 11.3 Å². The van der Waals surface area contributed by atoms with Crippen molar-refractivity contribution >= 4 is 41.1 Å². The second-order valence-electron chi connectivity index (χ2n) is 9.03. The molecule has 0 saturated carbocycles. The third-order valence-electron chi connectivity index (χ3n) is 5.59. The second-order valence-corrected chi connectivity index (χ2v) is 9.41. The molecule has 0 aliphatic carbocycles. The van der Waals surface area contributed by atoms with E-state index in [2.05, 4.69) is 5.32 Å². The lowest BCUT2D eigenvalue weighted by atomic mass is 9.99. The van der Waals surface area contributed by atoms with Gasteiger partial charge >= 0.3 is 12.2 Å². The Balaban J connectivity index is 1.88. The zero-order valence-electron chi connectivity index (χ0n) is 20.3. The molecular weight excluding hydrogens is 468 g/mol. The quantitative estimate of drug-likeness (QED) is 0.635. The minimum Gasteiger partial charge on any atom is -0.445 e. The van der Waals surface area contributed by atoms with Crippen molar-refractivity contribution in [3.8, 4) is 0 Å². The lowest BCUT2D eigenvalue weighted by Gasteiger charge is -2.35. The van der Waals surface area contributed by atoms with Crippen molar-refractivity contribution in [1.82, 2.24) is 15.3 Å². The van der Waals surface area contributed by atoms with Crippen LogP contribution in [-0.4, -0.2) is 45.4 Å². The molecule has 0 aromatic heterocycles. The Morgan fingerprint density at radius 2 is 1.63 bits per heavy atom. The average molecular weight is 497 g/mol. The highest BCUT2D eigenvalue weighted by molar-refractivity contribution is 7.80. The molecule has 1 fully saturated rings. The summed E-state index contributed by atoms with van der Waals surface area (Å²) in [5, 5.41) is 4.66. The third kappa shape index (κ3) is 4.18. The van der Waals surface area contributed by atoms with Gasteiger partial charge in [0.15, 0.2) is 0 Å². The van der Waals surface area contributed by atoms with Crippen LogP contribution >= 0.6 is 12.2 Å². The summed E-state index contributed by atoms with van der Waals surface area (Å²) in [4.78, 5) is 42.3. The zero-order valence-corrected chi connectivity index (χ0v) is 21.1. The molecule has 0 bridgehead atoms. The highest BCUT2D eigenvalue weighted by atomic mass is 32.1. The molecule has 3 amide bonds. The number of nitrogens with one attached hydrogen (secondary N) is 1. The van der Waals surface area contributed by atoms with Gasteiger partial charge in [-0.2, -0.15) is 10.0 Å². The topological polar surface area (TPSA) is 91.4 Å². The molecule has 1 saturated heterocycles. The van der Waals surface area contributed by atoms with Gasteiger partial charge < -0.3 is 19.7 Å². The van der Waals surface area contributed by atoms with Gasteiger partial charge in [-0.15, -0.1) is 0 Å². The monoisotopic (exact) mass is 496 g/mol. The minimum atomic E-state index is -1.81. The Morgan fingerprint density at radius 3 is 2.26 bits per heavy atom. The molecule has 1 spiro atoms. The number of carbonyl (C=O) groups is 3. The predicted molar refractivity (Wildman–Crippen MR) is 133 cm³/mol. The second kappa shape index (κ2) is 9.18. The Morgan fingerprint density at radius 1 is 1.00 bits per heavy atom. The highest BCUT2D eigenvalue weighted by Crippen LogP contribution is 2.47. The fourth-order valence-electron chi connectivity index (χ4n) is 4.23. The zero-order chi connectivity index (χ0) is 25.5. The number of aryl methyl sites for hydroxylation is 1. The number of hydrogen-bond donors (Lipinski definition) is 1. The summed E-state index contributed by atoms with van der Waals surface area (Å²) >= 11 is 5.47. The van der Waals surface area contributed by atoms with Crippen molar-refractivity contribution in [2.24, 2.45) is 0 Å². The van der Waals surface area contributed by atoms with Gasteiger partial charge in [0.05, 0.1) is 24.4 Å². The lowest BCUT2D eigenvalue weighted by Crippen LogP contribution is -2.60. The van der Waals surface area contributed by atoms with Crippen molar-refractivity contribution in [1.29, 1.82) is 0 Å². The number of rotatable bonds is 4. The largest absolute Gasteiger partial charge is 0.445 e. The van der Waals surface area contributed by atoms with E-state index in [1.807, 2.05) is 49.4 Å². The van der Waals surface area contributed by atoms with Crippen LogP contribution in [0.3, 0.4) is 0 Å². The molecule has 2 aliphatic rings. The fourth-order valence-corrected chi connectivity index (χ4v) is 4.54. The smallest absolute Gasteiger partial charge is 0.436 e. The number of thiocarbonyl (C=S) groups is 1. The molecule has 10 heteroatoms.